The van der Waals surface area contributed by atoms with Crippen LogP contribution in [-0.4, -0.2) is 48.1 Å². The molecule has 0 aromatic carbocycles. The summed E-state index contributed by atoms with van der Waals surface area (Å²) in [6, 6.07) is 0.819. The molecule has 1 saturated carbocycles. The smallest absolute Gasteiger partial charge is 0.320 e. The second-order valence-corrected chi connectivity index (χ2v) is 5.72. The van der Waals surface area contributed by atoms with Crippen molar-refractivity contribution in [1.82, 2.24) is 9.80 Å². The van der Waals surface area contributed by atoms with E-state index in [1.807, 2.05) is 23.8 Å². The van der Waals surface area contributed by atoms with Gasteiger partial charge in [0.15, 0.2) is 0 Å². The number of carbonyl (C=O) groups is 1. The van der Waals surface area contributed by atoms with Gasteiger partial charge in [-0.25, -0.2) is 4.79 Å². The molecule has 2 unspecified atom stereocenters. The predicted octanol–water partition coefficient (Wildman–Crippen LogP) is 1.65. The highest BCUT2D eigenvalue weighted by atomic mass is 16.2. The largest absolute Gasteiger partial charge is 0.328 e. The van der Waals surface area contributed by atoms with E-state index < -0.39 is 0 Å². The Hall–Kier alpha value is -0.770. The summed E-state index contributed by atoms with van der Waals surface area (Å²) >= 11 is 0. The summed E-state index contributed by atoms with van der Waals surface area (Å²) < 4.78 is 0. The van der Waals surface area contributed by atoms with E-state index in [0.29, 0.717) is 6.04 Å². The molecule has 2 fully saturated rings. The van der Waals surface area contributed by atoms with Gasteiger partial charge in [-0.3, -0.25) is 0 Å². The monoisotopic (exact) mass is 239 g/mol. The van der Waals surface area contributed by atoms with E-state index in [-0.39, 0.29) is 12.1 Å². The van der Waals surface area contributed by atoms with Crippen molar-refractivity contribution in [2.75, 3.05) is 20.1 Å². The van der Waals surface area contributed by atoms with Gasteiger partial charge in [0.25, 0.3) is 0 Å². The van der Waals surface area contributed by atoms with Gasteiger partial charge >= 0.3 is 6.03 Å². The van der Waals surface area contributed by atoms with Crippen molar-refractivity contribution >= 4 is 6.03 Å². The van der Waals surface area contributed by atoms with E-state index in [9.17, 15) is 4.79 Å². The van der Waals surface area contributed by atoms with Gasteiger partial charge in [0, 0.05) is 26.2 Å². The van der Waals surface area contributed by atoms with Crippen molar-refractivity contribution in [3.63, 3.8) is 0 Å². The highest BCUT2D eigenvalue weighted by molar-refractivity contribution is 5.76. The third kappa shape index (κ3) is 2.73. The fourth-order valence-corrected chi connectivity index (χ4v) is 3.15. The zero-order valence-electron chi connectivity index (χ0n) is 11.1. The van der Waals surface area contributed by atoms with Gasteiger partial charge < -0.3 is 15.5 Å². The average molecular weight is 239 g/mol. The summed E-state index contributed by atoms with van der Waals surface area (Å²) in [7, 11) is 1.96. The van der Waals surface area contributed by atoms with Gasteiger partial charge in [-0.2, -0.15) is 0 Å². The minimum atomic E-state index is 0.179. The van der Waals surface area contributed by atoms with E-state index in [1.54, 1.807) is 0 Å². The molecule has 2 N–H and O–H groups in total. The first kappa shape index (κ1) is 12.7. The minimum absolute atomic E-state index is 0.179. The molecular weight excluding hydrogens is 214 g/mol. The van der Waals surface area contributed by atoms with Crippen molar-refractivity contribution in [3.8, 4) is 0 Å². The molecule has 4 heteroatoms. The average Bonchev–Trinajstić information content (AvgIpc) is 2.88. The number of rotatable bonds is 4. The number of amides is 2. The number of nitrogens with two attached hydrogens (primary N) is 1. The molecule has 2 amide bonds. The van der Waals surface area contributed by atoms with Crippen LogP contribution in [0.15, 0.2) is 0 Å². The maximum absolute atomic E-state index is 12.1. The molecule has 17 heavy (non-hydrogen) atoms. The summed E-state index contributed by atoms with van der Waals surface area (Å²) in [5.41, 5.74) is 5.76. The van der Waals surface area contributed by atoms with Crippen molar-refractivity contribution in [1.29, 1.82) is 0 Å². The van der Waals surface area contributed by atoms with E-state index in [4.69, 9.17) is 5.73 Å². The third-order valence-corrected chi connectivity index (χ3v) is 4.28. The molecule has 1 aliphatic carbocycles. The summed E-state index contributed by atoms with van der Waals surface area (Å²) in [5.74, 6) is 0.726. The van der Waals surface area contributed by atoms with Gasteiger partial charge in [0.1, 0.15) is 0 Å². The van der Waals surface area contributed by atoms with Crippen molar-refractivity contribution in [3.05, 3.63) is 0 Å². The number of hydrogen-bond donors (Lipinski definition) is 1. The molecule has 2 rings (SSSR count). The lowest BCUT2D eigenvalue weighted by Gasteiger charge is -2.23. The quantitative estimate of drug-likeness (QED) is 0.811. The van der Waals surface area contributed by atoms with Gasteiger partial charge in [-0.05, 0) is 32.1 Å². The molecule has 1 aliphatic heterocycles. The first-order valence-electron chi connectivity index (χ1n) is 6.87. The Balaban J connectivity index is 1.91. The highest BCUT2D eigenvalue weighted by Gasteiger charge is 2.39. The predicted molar refractivity (Wildman–Crippen MR) is 68.7 cm³/mol. The first-order chi connectivity index (χ1) is 8.09. The number of hydrogen-bond acceptors (Lipinski definition) is 2. The molecule has 0 aromatic rings. The lowest BCUT2D eigenvalue weighted by atomic mass is 9.98. The molecule has 1 heterocycles. The lowest BCUT2D eigenvalue weighted by molar-refractivity contribution is 0.189. The number of nitrogens with zero attached hydrogens (tertiary/aromatic N) is 2. The highest BCUT2D eigenvalue weighted by Crippen LogP contribution is 2.33. The van der Waals surface area contributed by atoms with Crippen LogP contribution in [-0.2, 0) is 0 Å². The van der Waals surface area contributed by atoms with Crippen LogP contribution in [0.1, 0.15) is 39.0 Å². The number of urea groups is 1. The first-order valence-corrected chi connectivity index (χ1v) is 6.87. The van der Waals surface area contributed by atoms with E-state index in [1.165, 1.54) is 25.7 Å². The van der Waals surface area contributed by atoms with Gasteiger partial charge in [0.2, 0.25) is 0 Å². The zero-order valence-corrected chi connectivity index (χ0v) is 11.1. The summed E-state index contributed by atoms with van der Waals surface area (Å²) in [5, 5.41) is 0. The van der Waals surface area contributed by atoms with Gasteiger partial charge in [0.05, 0.1) is 6.04 Å². The molecule has 0 bridgehead atoms. The zero-order chi connectivity index (χ0) is 12.4. The fraction of sp³-hybridized carbons (Fsp3) is 0.923. The van der Waals surface area contributed by atoms with E-state index in [2.05, 4.69) is 0 Å². The van der Waals surface area contributed by atoms with Crippen LogP contribution in [0.25, 0.3) is 0 Å². The van der Waals surface area contributed by atoms with Crippen LogP contribution in [0.3, 0.4) is 0 Å². The Bertz CT molecular complexity index is 274. The van der Waals surface area contributed by atoms with Gasteiger partial charge in [-0.1, -0.05) is 12.8 Å². The third-order valence-electron chi connectivity index (χ3n) is 4.28. The topological polar surface area (TPSA) is 49.6 Å². The molecule has 2 atom stereocenters. The number of likely N-dealkylation sites (N-methyl/N-ethyl adjacent to an activating group) is 1. The molecule has 0 spiro atoms. The van der Waals surface area contributed by atoms with E-state index >= 15 is 0 Å². The van der Waals surface area contributed by atoms with Crippen LogP contribution >= 0.6 is 0 Å². The molecule has 4 nitrogen and oxygen atoms in total. The van der Waals surface area contributed by atoms with Crippen LogP contribution in [0.2, 0.25) is 0 Å². The van der Waals surface area contributed by atoms with E-state index in [0.717, 1.165) is 25.4 Å². The second-order valence-electron chi connectivity index (χ2n) is 5.72. The van der Waals surface area contributed by atoms with Crippen molar-refractivity contribution < 1.29 is 4.79 Å². The van der Waals surface area contributed by atoms with Crippen LogP contribution < -0.4 is 5.73 Å². The van der Waals surface area contributed by atoms with Crippen molar-refractivity contribution in [2.24, 2.45) is 11.7 Å². The molecule has 1 saturated heterocycles. The summed E-state index contributed by atoms with van der Waals surface area (Å²) in [6.45, 7) is 3.72. The molecule has 0 radical (unpaired) electrons. The Morgan fingerprint density at radius 3 is 2.65 bits per heavy atom. The SMILES string of the molecule is CC(N)CCN1CC(C2CCCC2)N(C)C1=O. The van der Waals surface area contributed by atoms with Crippen molar-refractivity contribution in [2.45, 2.75) is 51.1 Å². The number of carbonyl (C=O) groups excluding carboxylic acids is 1. The van der Waals surface area contributed by atoms with Gasteiger partial charge in [-0.15, -0.1) is 0 Å². The molecular formula is C13H25N3O. The maximum Gasteiger partial charge on any atom is 0.320 e. The standard InChI is InChI=1S/C13H25N3O/c1-10(14)7-8-16-9-12(15(2)13(16)17)11-5-3-4-6-11/h10-12H,3-9,14H2,1-2H3. The normalized spacial score (nSPS) is 28.2. The molecule has 0 aromatic heterocycles. The minimum Gasteiger partial charge on any atom is -0.328 e. The Morgan fingerprint density at radius 2 is 2.06 bits per heavy atom. The molecule has 2 aliphatic rings. The van der Waals surface area contributed by atoms with Crippen LogP contribution in [0.5, 0.6) is 0 Å². The summed E-state index contributed by atoms with van der Waals surface area (Å²) in [4.78, 5) is 16.0. The second kappa shape index (κ2) is 5.25. The fourth-order valence-electron chi connectivity index (χ4n) is 3.15. The summed E-state index contributed by atoms with van der Waals surface area (Å²) in [6.07, 6.45) is 6.16. The Morgan fingerprint density at radius 1 is 1.41 bits per heavy atom. The lowest BCUT2D eigenvalue weighted by Crippen LogP contribution is -2.35. The Kier molecular flexibility index (Phi) is 3.92. The molecule has 98 valence electrons. The maximum atomic E-state index is 12.1. The van der Waals surface area contributed by atoms with Crippen LogP contribution in [0.4, 0.5) is 4.79 Å². The van der Waals surface area contributed by atoms with Crippen LogP contribution in [0, 0.1) is 5.92 Å². The Labute approximate surface area is 104 Å².